The van der Waals surface area contributed by atoms with Crippen LogP contribution in [0.5, 0.6) is 0 Å². The van der Waals surface area contributed by atoms with Crippen LogP contribution in [0.3, 0.4) is 0 Å². The molecule has 0 aromatic rings. The average molecular weight is 300 g/mol. The largest absolute Gasteiger partial charge is 0.490 e. The molecular weight excluding hydrogens is 276 g/mol. The fourth-order valence-corrected chi connectivity index (χ4v) is 2.42. The highest BCUT2D eigenvalue weighted by Gasteiger charge is 2.58. The van der Waals surface area contributed by atoms with Gasteiger partial charge in [0.2, 0.25) is 5.60 Å². The Labute approximate surface area is 125 Å². The van der Waals surface area contributed by atoms with Crippen molar-refractivity contribution in [1.82, 2.24) is 0 Å². The molecular formula is C15H24O6. The monoisotopic (exact) mass is 300 g/mol. The van der Waals surface area contributed by atoms with Gasteiger partial charge in [0, 0.05) is 0 Å². The molecule has 0 amide bonds. The molecule has 0 saturated heterocycles. The molecule has 1 aliphatic rings. The summed E-state index contributed by atoms with van der Waals surface area (Å²) in [6.07, 6.45) is 1.27. The van der Waals surface area contributed by atoms with Crippen LogP contribution in [0.15, 0.2) is 11.3 Å². The Morgan fingerprint density at radius 3 is 2.38 bits per heavy atom. The average Bonchev–Trinajstić information content (AvgIpc) is 2.69. The fourth-order valence-electron chi connectivity index (χ4n) is 2.42. The molecule has 1 heterocycles. The number of carbonyl (C=O) groups is 2. The Morgan fingerprint density at radius 1 is 1.24 bits per heavy atom. The summed E-state index contributed by atoms with van der Waals surface area (Å²) in [4.78, 5) is 24.3. The Kier molecular flexibility index (Phi) is 6.20. The highest BCUT2D eigenvalue weighted by atomic mass is 16.6. The fraction of sp³-hybridized carbons (Fsp3) is 0.733. The van der Waals surface area contributed by atoms with Gasteiger partial charge < -0.3 is 19.3 Å². The van der Waals surface area contributed by atoms with Crippen molar-refractivity contribution in [3.05, 3.63) is 11.3 Å². The normalized spacial score (nSPS) is 24.7. The molecule has 0 bridgehead atoms. The first kappa shape index (κ1) is 17.5. The lowest BCUT2D eigenvalue weighted by Crippen LogP contribution is -2.51. The van der Waals surface area contributed by atoms with Crippen LogP contribution in [0.4, 0.5) is 0 Å². The molecule has 21 heavy (non-hydrogen) atoms. The molecule has 6 heteroatoms. The minimum absolute atomic E-state index is 0.108. The van der Waals surface area contributed by atoms with Crippen LogP contribution < -0.4 is 0 Å². The topological polar surface area (TPSA) is 82.1 Å². The smallest absolute Gasteiger partial charge is 0.347 e. The SMILES string of the molecule is CCCC[C@@H]1OC(C)=C(C(=O)OCC)[C@@]1(O)C(=O)OCC. The number of hydrogen-bond acceptors (Lipinski definition) is 6. The predicted octanol–water partition coefficient (Wildman–Crippen LogP) is 1.71. The molecule has 0 aromatic heterocycles. The van der Waals surface area contributed by atoms with E-state index in [0.29, 0.717) is 6.42 Å². The first-order valence-electron chi connectivity index (χ1n) is 7.38. The summed E-state index contributed by atoms with van der Waals surface area (Å²) in [6.45, 7) is 7.08. The summed E-state index contributed by atoms with van der Waals surface area (Å²) in [5, 5.41) is 10.8. The second kappa shape index (κ2) is 7.45. The van der Waals surface area contributed by atoms with E-state index in [2.05, 4.69) is 0 Å². The Balaban J connectivity index is 3.15. The van der Waals surface area contributed by atoms with Crippen LogP contribution in [0.25, 0.3) is 0 Å². The van der Waals surface area contributed by atoms with Crippen LogP contribution in [0.1, 0.15) is 47.0 Å². The molecule has 1 aliphatic heterocycles. The van der Waals surface area contributed by atoms with Gasteiger partial charge in [-0.25, -0.2) is 9.59 Å². The van der Waals surface area contributed by atoms with Crippen LogP contribution >= 0.6 is 0 Å². The molecule has 1 N–H and O–H groups in total. The molecule has 0 aliphatic carbocycles. The van der Waals surface area contributed by atoms with Gasteiger partial charge in [-0.15, -0.1) is 0 Å². The van der Waals surface area contributed by atoms with Crippen molar-refractivity contribution < 1.29 is 28.9 Å². The zero-order valence-corrected chi connectivity index (χ0v) is 13.1. The van der Waals surface area contributed by atoms with E-state index in [4.69, 9.17) is 14.2 Å². The third kappa shape index (κ3) is 3.37. The maximum Gasteiger partial charge on any atom is 0.347 e. The molecule has 0 unspecified atom stereocenters. The zero-order valence-electron chi connectivity index (χ0n) is 13.1. The van der Waals surface area contributed by atoms with E-state index in [9.17, 15) is 14.7 Å². The maximum absolute atomic E-state index is 12.2. The molecule has 0 aromatic carbocycles. The number of unbranched alkanes of at least 4 members (excludes halogenated alkanes) is 1. The summed E-state index contributed by atoms with van der Waals surface area (Å²) in [7, 11) is 0. The van der Waals surface area contributed by atoms with E-state index in [1.54, 1.807) is 20.8 Å². The molecule has 1 rings (SSSR count). The molecule has 2 atom stereocenters. The lowest BCUT2D eigenvalue weighted by atomic mass is 9.86. The molecule has 120 valence electrons. The number of esters is 2. The molecule has 0 spiro atoms. The van der Waals surface area contributed by atoms with Crippen molar-refractivity contribution in [2.75, 3.05) is 13.2 Å². The number of aliphatic hydroxyl groups is 1. The van der Waals surface area contributed by atoms with Crippen molar-refractivity contribution in [2.45, 2.75) is 58.7 Å². The van der Waals surface area contributed by atoms with Gasteiger partial charge >= 0.3 is 11.9 Å². The highest BCUT2D eigenvalue weighted by molar-refractivity contribution is 6.01. The van der Waals surface area contributed by atoms with Gasteiger partial charge in [-0.05, 0) is 33.6 Å². The van der Waals surface area contributed by atoms with E-state index in [1.165, 1.54) is 0 Å². The number of ether oxygens (including phenoxy) is 3. The Bertz CT molecular complexity index is 428. The van der Waals surface area contributed by atoms with Crippen LogP contribution in [0, 0.1) is 0 Å². The van der Waals surface area contributed by atoms with Crippen molar-refractivity contribution in [3.8, 4) is 0 Å². The van der Waals surface area contributed by atoms with Gasteiger partial charge in [-0.1, -0.05) is 13.3 Å². The number of carbonyl (C=O) groups excluding carboxylic acids is 2. The lowest BCUT2D eigenvalue weighted by Gasteiger charge is -2.28. The highest BCUT2D eigenvalue weighted by Crippen LogP contribution is 2.39. The van der Waals surface area contributed by atoms with E-state index in [0.717, 1.165) is 12.8 Å². The first-order chi connectivity index (χ1) is 9.93. The summed E-state index contributed by atoms with van der Waals surface area (Å²) >= 11 is 0. The van der Waals surface area contributed by atoms with E-state index in [1.807, 2.05) is 6.92 Å². The summed E-state index contributed by atoms with van der Waals surface area (Å²) in [6, 6.07) is 0. The van der Waals surface area contributed by atoms with Gasteiger partial charge in [0.25, 0.3) is 0 Å². The molecule has 0 radical (unpaired) electrons. The first-order valence-corrected chi connectivity index (χ1v) is 7.38. The van der Waals surface area contributed by atoms with Crippen molar-refractivity contribution in [1.29, 1.82) is 0 Å². The summed E-state index contributed by atoms with van der Waals surface area (Å²) in [5.74, 6) is -1.40. The van der Waals surface area contributed by atoms with Gasteiger partial charge in [-0.2, -0.15) is 0 Å². The summed E-state index contributed by atoms with van der Waals surface area (Å²) in [5.41, 5.74) is -2.24. The van der Waals surface area contributed by atoms with Crippen molar-refractivity contribution in [2.24, 2.45) is 0 Å². The van der Waals surface area contributed by atoms with E-state index < -0.39 is 23.6 Å². The van der Waals surface area contributed by atoms with Crippen molar-refractivity contribution in [3.63, 3.8) is 0 Å². The van der Waals surface area contributed by atoms with Crippen molar-refractivity contribution >= 4 is 11.9 Å². The van der Waals surface area contributed by atoms with Gasteiger partial charge in [-0.3, -0.25) is 0 Å². The predicted molar refractivity (Wildman–Crippen MR) is 75.3 cm³/mol. The molecule has 6 nitrogen and oxygen atoms in total. The van der Waals surface area contributed by atoms with Gasteiger partial charge in [0.1, 0.15) is 17.4 Å². The second-order valence-corrected chi connectivity index (χ2v) is 4.89. The molecule has 0 saturated carbocycles. The Hall–Kier alpha value is -1.56. The Morgan fingerprint density at radius 2 is 1.86 bits per heavy atom. The zero-order chi connectivity index (χ0) is 16.0. The third-order valence-corrected chi connectivity index (χ3v) is 3.40. The lowest BCUT2D eigenvalue weighted by molar-refractivity contribution is -0.171. The van der Waals surface area contributed by atoms with E-state index >= 15 is 0 Å². The number of rotatable bonds is 7. The van der Waals surface area contributed by atoms with Crippen LogP contribution in [0.2, 0.25) is 0 Å². The standard InChI is InChI=1S/C15H24O6/c1-5-8-9-11-15(18,14(17)20-7-3)12(10(4)21-11)13(16)19-6-2/h11,18H,5-9H2,1-4H3/t11-,15+/m0/s1. The van der Waals surface area contributed by atoms with Crippen LogP contribution in [-0.4, -0.2) is 42.0 Å². The summed E-state index contributed by atoms with van der Waals surface area (Å²) < 4.78 is 15.4. The minimum atomic E-state index is -2.10. The molecule has 0 fully saturated rings. The van der Waals surface area contributed by atoms with Crippen LogP contribution in [-0.2, 0) is 23.8 Å². The maximum atomic E-state index is 12.2. The quantitative estimate of drug-likeness (QED) is 0.721. The van der Waals surface area contributed by atoms with Gasteiger partial charge in [0.05, 0.1) is 13.2 Å². The van der Waals surface area contributed by atoms with E-state index in [-0.39, 0.29) is 24.5 Å². The number of hydrogen-bond donors (Lipinski definition) is 1. The third-order valence-electron chi connectivity index (χ3n) is 3.40. The van der Waals surface area contributed by atoms with Gasteiger partial charge in [0.15, 0.2) is 0 Å². The minimum Gasteiger partial charge on any atom is -0.490 e. The number of allylic oxidation sites excluding steroid dienone is 1. The second-order valence-electron chi connectivity index (χ2n) is 4.89.